The maximum atomic E-state index is 13.0. The van der Waals surface area contributed by atoms with Gasteiger partial charge in [-0.05, 0) is 36.2 Å². The van der Waals surface area contributed by atoms with E-state index in [1.807, 2.05) is 0 Å². The Hall–Kier alpha value is -1.87. The maximum Gasteiger partial charge on any atom is 0.257 e. The molecule has 0 atom stereocenters. The van der Waals surface area contributed by atoms with E-state index in [1.54, 1.807) is 12.1 Å². The van der Waals surface area contributed by atoms with Crippen LogP contribution >= 0.6 is 46.3 Å². The number of amides is 1. The van der Waals surface area contributed by atoms with Crippen LogP contribution in [0, 0.1) is 5.82 Å². The first-order valence-electron chi connectivity index (χ1n) is 10.6. The van der Waals surface area contributed by atoms with Crippen molar-refractivity contribution in [1.82, 2.24) is 10.2 Å². The lowest BCUT2D eigenvalue weighted by molar-refractivity contribution is 0.102. The molecule has 0 unspecified atom stereocenters. The molecule has 0 aliphatic heterocycles. The van der Waals surface area contributed by atoms with Gasteiger partial charge in [0.1, 0.15) is 5.82 Å². The molecule has 2 aromatic carbocycles. The van der Waals surface area contributed by atoms with Crippen molar-refractivity contribution in [1.29, 1.82) is 0 Å². The third kappa shape index (κ3) is 8.14. The molecule has 3 aromatic rings. The molecule has 10 heteroatoms. The summed E-state index contributed by atoms with van der Waals surface area (Å²) in [5, 5.41) is 11.7. The fourth-order valence-electron chi connectivity index (χ4n) is 2.92. The molecule has 1 aromatic heterocycles. The molecule has 0 aliphatic carbocycles. The molecule has 0 saturated heterocycles. The van der Waals surface area contributed by atoms with E-state index in [-0.39, 0.29) is 15.9 Å². The lowest BCUT2D eigenvalue weighted by Gasteiger charge is -2.11. The highest BCUT2D eigenvalue weighted by atomic mass is 35.5. The number of carbonyl (C=O) groups is 1. The van der Waals surface area contributed by atoms with Gasteiger partial charge < -0.3 is 4.74 Å². The summed E-state index contributed by atoms with van der Waals surface area (Å²) in [7, 11) is 0. The number of hydrogen-bond donors (Lipinski definition) is 1. The van der Waals surface area contributed by atoms with Gasteiger partial charge in [0.2, 0.25) is 5.13 Å². The summed E-state index contributed by atoms with van der Waals surface area (Å²) in [6.45, 7) is 2.70. The van der Waals surface area contributed by atoms with Gasteiger partial charge in [-0.2, -0.15) is 0 Å². The second-order valence-corrected chi connectivity index (χ2v) is 10.3. The molecular formula is C23H24Cl2FN3O2S2. The van der Waals surface area contributed by atoms with E-state index in [2.05, 4.69) is 22.4 Å². The number of carbonyl (C=O) groups excluding carboxylic acids is 1. The SMILES string of the molecule is CCCCCCCOc1c(Cl)cc(C(=O)Nc2nnc(SCc3ccc(F)cc3)s2)cc1Cl. The lowest BCUT2D eigenvalue weighted by atomic mass is 10.2. The number of halogens is 3. The Morgan fingerprint density at radius 1 is 1.09 bits per heavy atom. The van der Waals surface area contributed by atoms with Gasteiger partial charge in [0.25, 0.3) is 5.91 Å². The van der Waals surface area contributed by atoms with Crippen molar-refractivity contribution in [2.24, 2.45) is 0 Å². The molecule has 1 heterocycles. The number of thioether (sulfide) groups is 1. The van der Waals surface area contributed by atoms with Crippen LogP contribution in [0.4, 0.5) is 9.52 Å². The Balaban J connectivity index is 1.53. The van der Waals surface area contributed by atoms with Crippen LogP contribution in [0.3, 0.4) is 0 Å². The van der Waals surface area contributed by atoms with Crippen molar-refractivity contribution in [2.75, 3.05) is 11.9 Å². The summed E-state index contributed by atoms with van der Waals surface area (Å²) < 4.78 is 19.4. The van der Waals surface area contributed by atoms with E-state index < -0.39 is 5.91 Å². The number of nitrogens with one attached hydrogen (secondary N) is 1. The van der Waals surface area contributed by atoms with Crippen LogP contribution in [0.15, 0.2) is 40.7 Å². The largest absolute Gasteiger partial charge is 0.490 e. The van der Waals surface area contributed by atoms with Crippen molar-refractivity contribution in [3.8, 4) is 5.75 Å². The molecule has 5 nitrogen and oxygen atoms in total. The zero-order chi connectivity index (χ0) is 23.6. The van der Waals surface area contributed by atoms with Crippen molar-refractivity contribution in [3.05, 3.63) is 63.4 Å². The highest BCUT2D eigenvalue weighted by Crippen LogP contribution is 2.35. The molecule has 1 amide bonds. The summed E-state index contributed by atoms with van der Waals surface area (Å²) in [5.41, 5.74) is 1.27. The Bertz CT molecular complexity index is 1040. The molecular weight excluding hydrogens is 504 g/mol. The number of anilines is 1. The summed E-state index contributed by atoms with van der Waals surface area (Å²) in [4.78, 5) is 12.6. The molecule has 0 fully saturated rings. The van der Waals surface area contributed by atoms with Gasteiger partial charge in [0.05, 0.1) is 16.7 Å². The molecule has 3 rings (SSSR count). The fraction of sp³-hybridized carbons (Fsp3) is 0.348. The van der Waals surface area contributed by atoms with E-state index >= 15 is 0 Å². The Morgan fingerprint density at radius 3 is 2.48 bits per heavy atom. The first-order valence-corrected chi connectivity index (χ1v) is 13.2. The van der Waals surface area contributed by atoms with E-state index in [1.165, 1.54) is 66.6 Å². The number of unbranched alkanes of at least 4 members (excludes halogenated alkanes) is 4. The number of hydrogen-bond acceptors (Lipinski definition) is 6. The zero-order valence-corrected chi connectivity index (χ0v) is 21.2. The van der Waals surface area contributed by atoms with Crippen molar-refractivity contribution < 1.29 is 13.9 Å². The summed E-state index contributed by atoms with van der Waals surface area (Å²) in [6, 6.07) is 9.34. The molecule has 33 heavy (non-hydrogen) atoms. The van der Waals surface area contributed by atoms with Gasteiger partial charge >= 0.3 is 0 Å². The van der Waals surface area contributed by atoms with Gasteiger partial charge in [-0.3, -0.25) is 10.1 Å². The molecule has 0 bridgehead atoms. The predicted octanol–water partition coefficient (Wildman–Crippen LogP) is 7.88. The van der Waals surface area contributed by atoms with Crippen LogP contribution in [-0.4, -0.2) is 22.7 Å². The van der Waals surface area contributed by atoms with Crippen molar-refractivity contribution in [2.45, 2.75) is 49.1 Å². The Labute approximate surface area is 211 Å². The van der Waals surface area contributed by atoms with Crippen LogP contribution < -0.4 is 10.1 Å². The number of nitrogens with zero attached hydrogens (tertiary/aromatic N) is 2. The van der Waals surface area contributed by atoms with Gasteiger partial charge in [-0.15, -0.1) is 10.2 Å². The second kappa shape index (κ2) is 13.1. The maximum absolute atomic E-state index is 13.0. The third-order valence-electron chi connectivity index (χ3n) is 4.66. The highest BCUT2D eigenvalue weighted by molar-refractivity contribution is 8.00. The summed E-state index contributed by atoms with van der Waals surface area (Å²) in [6.07, 6.45) is 5.60. The highest BCUT2D eigenvalue weighted by Gasteiger charge is 2.16. The molecule has 0 spiro atoms. The minimum absolute atomic E-state index is 0.271. The van der Waals surface area contributed by atoms with Crippen LogP contribution in [0.2, 0.25) is 10.0 Å². The van der Waals surface area contributed by atoms with Crippen LogP contribution in [0.5, 0.6) is 5.75 Å². The van der Waals surface area contributed by atoms with E-state index in [4.69, 9.17) is 27.9 Å². The second-order valence-electron chi connectivity index (χ2n) is 7.27. The quantitative estimate of drug-likeness (QED) is 0.147. The summed E-state index contributed by atoms with van der Waals surface area (Å²) >= 11 is 15.3. The number of rotatable bonds is 12. The standard InChI is InChI=1S/C23H24Cl2FN3O2S2/c1-2-3-4-5-6-11-31-20-18(24)12-16(13-19(20)25)21(30)27-22-28-29-23(33-22)32-14-15-7-9-17(26)10-8-15/h7-10,12-13H,2-6,11,14H2,1H3,(H,27,28,30). The van der Waals surface area contributed by atoms with Gasteiger partial charge in [0.15, 0.2) is 10.1 Å². The minimum Gasteiger partial charge on any atom is -0.490 e. The average Bonchev–Trinajstić information content (AvgIpc) is 3.24. The zero-order valence-electron chi connectivity index (χ0n) is 18.1. The molecule has 176 valence electrons. The number of ether oxygens (including phenoxy) is 1. The van der Waals surface area contributed by atoms with Crippen molar-refractivity contribution in [3.63, 3.8) is 0 Å². The van der Waals surface area contributed by atoms with E-state index in [0.717, 1.165) is 18.4 Å². The lowest BCUT2D eigenvalue weighted by Crippen LogP contribution is -2.12. The fourth-order valence-corrected chi connectivity index (χ4v) is 5.22. The third-order valence-corrected chi connectivity index (χ3v) is 7.26. The normalized spacial score (nSPS) is 10.9. The topological polar surface area (TPSA) is 64.1 Å². The van der Waals surface area contributed by atoms with E-state index in [0.29, 0.717) is 33.1 Å². The van der Waals surface area contributed by atoms with Gasteiger partial charge in [0, 0.05) is 11.3 Å². The van der Waals surface area contributed by atoms with Crippen LogP contribution in [0.1, 0.15) is 54.9 Å². The average molecular weight is 529 g/mol. The number of benzene rings is 2. The Morgan fingerprint density at radius 2 is 1.79 bits per heavy atom. The van der Waals surface area contributed by atoms with Gasteiger partial charge in [-0.25, -0.2) is 4.39 Å². The molecule has 0 saturated carbocycles. The predicted molar refractivity (Wildman–Crippen MR) is 135 cm³/mol. The monoisotopic (exact) mass is 527 g/mol. The van der Waals surface area contributed by atoms with Crippen LogP contribution in [0.25, 0.3) is 0 Å². The van der Waals surface area contributed by atoms with Gasteiger partial charge in [-0.1, -0.05) is 91.0 Å². The Kier molecular flexibility index (Phi) is 10.2. The van der Waals surface area contributed by atoms with E-state index in [9.17, 15) is 9.18 Å². The summed E-state index contributed by atoms with van der Waals surface area (Å²) in [5.74, 6) is 0.345. The molecule has 0 aliphatic rings. The molecule has 1 N–H and O–H groups in total. The smallest absolute Gasteiger partial charge is 0.257 e. The van der Waals surface area contributed by atoms with Crippen molar-refractivity contribution >= 4 is 57.3 Å². The minimum atomic E-state index is -0.392. The number of aromatic nitrogens is 2. The first kappa shape index (κ1) is 25.7. The van der Waals surface area contributed by atoms with Crippen LogP contribution in [-0.2, 0) is 5.75 Å². The molecule has 0 radical (unpaired) electrons. The first-order chi connectivity index (χ1) is 16.0.